The van der Waals surface area contributed by atoms with Crippen molar-refractivity contribution in [2.45, 2.75) is 37.8 Å². The molecular formula is C13H21FIN3O2S. The Bertz CT molecular complexity index is 625. The fraction of sp³-hybridized carbons (Fsp3) is 0.462. The van der Waals surface area contributed by atoms with Crippen LogP contribution in [0.2, 0.25) is 0 Å². The molecular weight excluding hydrogens is 408 g/mol. The van der Waals surface area contributed by atoms with Gasteiger partial charge in [0, 0.05) is 17.4 Å². The highest BCUT2D eigenvalue weighted by atomic mass is 127. The normalized spacial score (nSPS) is 12.7. The summed E-state index contributed by atoms with van der Waals surface area (Å²) in [6, 6.07) is 3.63. The number of aliphatic imine (C=N–C) groups is 1. The van der Waals surface area contributed by atoms with Crippen molar-refractivity contribution in [3.05, 3.63) is 29.6 Å². The van der Waals surface area contributed by atoms with Gasteiger partial charge in [-0.2, -0.15) is 0 Å². The highest BCUT2D eigenvalue weighted by Crippen LogP contribution is 2.16. The first kappa shape index (κ1) is 20.1. The zero-order chi connectivity index (χ0) is 15.6. The summed E-state index contributed by atoms with van der Waals surface area (Å²) < 4.78 is 36.5. The number of hydrogen-bond donors (Lipinski definition) is 2. The van der Waals surface area contributed by atoms with Crippen LogP contribution >= 0.6 is 24.0 Å². The first-order valence-electron chi connectivity index (χ1n) is 6.05. The van der Waals surface area contributed by atoms with E-state index in [4.69, 9.17) is 5.73 Å². The number of sulfone groups is 1. The molecule has 0 saturated heterocycles. The van der Waals surface area contributed by atoms with E-state index >= 15 is 0 Å². The van der Waals surface area contributed by atoms with Gasteiger partial charge in [-0.3, -0.25) is 0 Å². The summed E-state index contributed by atoms with van der Waals surface area (Å²) in [5.41, 5.74) is 5.62. The Balaban J connectivity index is 0.00000400. The topological polar surface area (TPSA) is 84.5 Å². The molecule has 0 atom stereocenters. The third-order valence-corrected chi connectivity index (χ3v) is 3.48. The molecule has 0 bridgehead atoms. The van der Waals surface area contributed by atoms with Gasteiger partial charge in [-0.25, -0.2) is 17.8 Å². The Kier molecular flexibility index (Phi) is 7.07. The lowest BCUT2D eigenvalue weighted by Gasteiger charge is -2.21. The molecule has 0 fully saturated rings. The van der Waals surface area contributed by atoms with Crippen molar-refractivity contribution in [2.24, 2.45) is 10.7 Å². The molecule has 3 N–H and O–H groups in total. The minimum atomic E-state index is -3.37. The van der Waals surface area contributed by atoms with Crippen LogP contribution in [0.1, 0.15) is 26.3 Å². The predicted molar refractivity (Wildman–Crippen MR) is 93.1 cm³/mol. The van der Waals surface area contributed by atoms with E-state index in [1.165, 1.54) is 12.1 Å². The minimum absolute atomic E-state index is 0. The lowest BCUT2D eigenvalue weighted by atomic mass is 10.1. The van der Waals surface area contributed by atoms with E-state index in [0.29, 0.717) is 0 Å². The van der Waals surface area contributed by atoms with Crippen LogP contribution in [0.3, 0.4) is 0 Å². The maximum atomic E-state index is 13.6. The van der Waals surface area contributed by atoms with Crippen LogP contribution in [0.4, 0.5) is 4.39 Å². The third-order valence-electron chi connectivity index (χ3n) is 2.37. The largest absolute Gasteiger partial charge is 0.370 e. The Morgan fingerprint density at radius 1 is 1.38 bits per heavy atom. The van der Waals surface area contributed by atoms with Crippen molar-refractivity contribution in [2.75, 3.05) is 6.26 Å². The zero-order valence-electron chi connectivity index (χ0n) is 12.5. The molecule has 0 saturated carbocycles. The van der Waals surface area contributed by atoms with Crippen LogP contribution in [-0.4, -0.2) is 26.2 Å². The minimum Gasteiger partial charge on any atom is -0.370 e. The second-order valence-corrected chi connectivity index (χ2v) is 7.62. The van der Waals surface area contributed by atoms with Crippen molar-refractivity contribution < 1.29 is 12.8 Å². The maximum absolute atomic E-state index is 13.6. The summed E-state index contributed by atoms with van der Waals surface area (Å²) in [4.78, 5) is 4.07. The monoisotopic (exact) mass is 429 g/mol. The lowest BCUT2D eigenvalue weighted by Crippen LogP contribution is -2.45. The van der Waals surface area contributed by atoms with Crippen molar-refractivity contribution in [1.82, 2.24) is 5.32 Å². The molecule has 0 spiro atoms. The van der Waals surface area contributed by atoms with Crippen molar-refractivity contribution in [1.29, 1.82) is 0 Å². The quantitative estimate of drug-likeness (QED) is 0.334. The fourth-order valence-corrected chi connectivity index (χ4v) is 2.17. The Labute approximate surface area is 142 Å². The molecule has 1 aromatic carbocycles. The summed E-state index contributed by atoms with van der Waals surface area (Å²) in [5, 5.41) is 2.94. The highest BCUT2D eigenvalue weighted by Gasteiger charge is 2.12. The molecule has 21 heavy (non-hydrogen) atoms. The van der Waals surface area contributed by atoms with Gasteiger partial charge in [0.05, 0.1) is 11.4 Å². The highest BCUT2D eigenvalue weighted by molar-refractivity contribution is 14.0. The molecule has 8 heteroatoms. The molecule has 0 unspecified atom stereocenters. The molecule has 0 radical (unpaired) electrons. The lowest BCUT2D eigenvalue weighted by molar-refractivity contribution is 0.508. The van der Waals surface area contributed by atoms with Crippen LogP contribution < -0.4 is 11.1 Å². The summed E-state index contributed by atoms with van der Waals surface area (Å²) in [6.45, 7) is 5.73. The van der Waals surface area contributed by atoms with E-state index in [9.17, 15) is 12.8 Å². The SMILES string of the molecule is CC(C)(C)NC(N)=NCc1cc(S(C)(=O)=O)ccc1F.I. The van der Waals surface area contributed by atoms with Gasteiger partial charge in [-0.1, -0.05) is 0 Å². The summed E-state index contributed by atoms with van der Waals surface area (Å²) in [6.07, 6.45) is 1.07. The first-order chi connectivity index (χ1) is 8.99. The van der Waals surface area contributed by atoms with Crippen LogP contribution in [-0.2, 0) is 16.4 Å². The third kappa shape index (κ3) is 7.07. The number of nitrogens with zero attached hydrogens (tertiary/aromatic N) is 1. The molecule has 1 rings (SSSR count). The van der Waals surface area contributed by atoms with Crippen molar-refractivity contribution in [3.63, 3.8) is 0 Å². The number of benzene rings is 1. The maximum Gasteiger partial charge on any atom is 0.189 e. The van der Waals surface area contributed by atoms with Gasteiger partial charge in [0.1, 0.15) is 5.82 Å². The average Bonchev–Trinajstić information content (AvgIpc) is 2.24. The molecule has 0 amide bonds. The van der Waals surface area contributed by atoms with E-state index in [1.54, 1.807) is 0 Å². The van der Waals surface area contributed by atoms with E-state index in [2.05, 4.69) is 10.3 Å². The number of rotatable bonds is 3. The number of guanidine groups is 1. The average molecular weight is 429 g/mol. The molecule has 0 aliphatic rings. The Morgan fingerprint density at radius 2 is 1.95 bits per heavy atom. The number of nitrogens with one attached hydrogen (secondary N) is 1. The first-order valence-corrected chi connectivity index (χ1v) is 7.95. The van der Waals surface area contributed by atoms with E-state index < -0.39 is 15.7 Å². The van der Waals surface area contributed by atoms with E-state index in [-0.39, 0.29) is 52.5 Å². The number of hydrogen-bond acceptors (Lipinski definition) is 3. The van der Waals surface area contributed by atoms with Gasteiger partial charge in [0.2, 0.25) is 0 Å². The van der Waals surface area contributed by atoms with E-state index in [0.717, 1.165) is 12.3 Å². The molecule has 5 nitrogen and oxygen atoms in total. The molecule has 1 aromatic rings. The second kappa shape index (κ2) is 7.39. The predicted octanol–water partition coefficient (Wildman–Crippen LogP) is 2.05. The van der Waals surface area contributed by atoms with Crippen LogP contribution in [0, 0.1) is 5.82 Å². The summed E-state index contributed by atoms with van der Waals surface area (Å²) >= 11 is 0. The summed E-state index contributed by atoms with van der Waals surface area (Å²) in [5.74, 6) is -0.327. The summed E-state index contributed by atoms with van der Waals surface area (Å²) in [7, 11) is -3.37. The molecule has 0 aliphatic heterocycles. The van der Waals surface area contributed by atoms with Gasteiger partial charge < -0.3 is 11.1 Å². The smallest absolute Gasteiger partial charge is 0.189 e. The standard InChI is InChI=1S/C13H20FN3O2S.HI/c1-13(2,3)17-12(15)16-8-9-7-10(20(4,18)19)5-6-11(9)14;/h5-7H,8H2,1-4H3,(H3,15,16,17);1H. The van der Waals surface area contributed by atoms with Crippen LogP contribution in [0.15, 0.2) is 28.1 Å². The van der Waals surface area contributed by atoms with E-state index in [1.807, 2.05) is 20.8 Å². The van der Waals surface area contributed by atoms with Gasteiger partial charge in [0.25, 0.3) is 0 Å². The number of halogens is 2. The molecule has 120 valence electrons. The van der Waals surface area contributed by atoms with Crippen molar-refractivity contribution >= 4 is 39.8 Å². The van der Waals surface area contributed by atoms with Gasteiger partial charge >= 0.3 is 0 Å². The van der Waals surface area contributed by atoms with Crippen LogP contribution in [0.5, 0.6) is 0 Å². The van der Waals surface area contributed by atoms with Crippen molar-refractivity contribution in [3.8, 4) is 0 Å². The number of nitrogens with two attached hydrogens (primary N) is 1. The van der Waals surface area contributed by atoms with Gasteiger partial charge in [-0.05, 0) is 39.0 Å². The molecule has 0 aliphatic carbocycles. The second-order valence-electron chi connectivity index (χ2n) is 5.60. The van der Waals surface area contributed by atoms with Gasteiger partial charge in [0.15, 0.2) is 15.8 Å². The molecule has 0 aromatic heterocycles. The molecule has 0 heterocycles. The fourth-order valence-electron chi connectivity index (χ4n) is 1.50. The van der Waals surface area contributed by atoms with Crippen LogP contribution in [0.25, 0.3) is 0 Å². The zero-order valence-corrected chi connectivity index (χ0v) is 15.6. The Morgan fingerprint density at radius 3 is 2.43 bits per heavy atom. The Hall–Kier alpha value is -0.900. The van der Waals surface area contributed by atoms with Gasteiger partial charge in [-0.15, -0.1) is 24.0 Å².